The minimum absolute atomic E-state index is 0.355. The molecule has 0 radical (unpaired) electrons. The lowest BCUT2D eigenvalue weighted by molar-refractivity contribution is 0.255. The van der Waals surface area contributed by atoms with Gasteiger partial charge in [0.15, 0.2) is 0 Å². The molecule has 0 saturated carbocycles. The first-order valence-electron chi connectivity index (χ1n) is 16.6. The van der Waals surface area contributed by atoms with Gasteiger partial charge in [0.25, 0.3) is 20.0 Å². The van der Waals surface area contributed by atoms with E-state index in [9.17, 15) is 25.6 Å². The fourth-order valence-corrected chi connectivity index (χ4v) is 8.86. The molecule has 1 fully saturated rings. The molecule has 1 saturated heterocycles. The number of benzene rings is 5. The highest BCUT2D eigenvalue weighted by molar-refractivity contribution is 7.93. The SMILES string of the molecule is O=S(=O)(Nc1ccc(CCCN2CCN(c3nsc4ccccc34)CC2)cc1)c1ccccc1F.O=S(=O)(Nc1ccccc1)c1ccccc1F. The Kier molecular flexibility index (Phi) is 11.8. The highest BCUT2D eigenvalue weighted by atomic mass is 32.2. The molecule has 0 amide bonds. The Hall–Kier alpha value is -4.89. The number of nitrogens with zero attached hydrogens (tertiary/aromatic N) is 3. The molecule has 1 aromatic heterocycles. The van der Waals surface area contributed by atoms with E-state index >= 15 is 0 Å². The molecular formula is C38H37F2N5O4S3. The van der Waals surface area contributed by atoms with Crippen molar-refractivity contribution in [2.45, 2.75) is 22.6 Å². The molecule has 2 heterocycles. The van der Waals surface area contributed by atoms with E-state index in [1.165, 1.54) is 46.5 Å². The van der Waals surface area contributed by atoms with Gasteiger partial charge >= 0.3 is 0 Å². The van der Waals surface area contributed by atoms with Crippen LogP contribution in [0, 0.1) is 11.6 Å². The van der Waals surface area contributed by atoms with Crippen LogP contribution in [0.3, 0.4) is 0 Å². The quantitative estimate of drug-likeness (QED) is 0.140. The van der Waals surface area contributed by atoms with Crippen LogP contribution in [-0.2, 0) is 26.5 Å². The third-order valence-electron chi connectivity index (χ3n) is 8.45. The molecule has 5 aromatic carbocycles. The molecule has 7 rings (SSSR count). The summed E-state index contributed by atoms with van der Waals surface area (Å²) in [6.45, 7) is 5.01. The van der Waals surface area contributed by atoms with Crippen molar-refractivity contribution < 1.29 is 25.6 Å². The molecular weight excluding hydrogens is 725 g/mol. The number of hydrogen-bond donors (Lipinski definition) is 2. The van der Waals surface area contributed by atoms with E-state index in [0.29, 0.717) is 11.4 Å². The van der Waals surface area contributed by atoms with Crippen LogP contribution in [-0.4, -0.2) is 58.8 Å². The van der Waals surface area contributed by atoms with E-state index in [0.717, 1.165) is 69.1 Å². The maximum Gasteiger partial charge on any atom is 0.264 e. The zero-order chi connectivity index (χ0) is 36.6. The van der Waals surface area contributed by atoms with Gasteiger partial charge in [-0.05, 0) is 97.1 Å². The first-order chi connectivity index (χ1) is 25.1. The maximum atomic E-state index is 13.9. The van der Waals surface area contributed by atoms with Gasteiger partial charge < -0.3 is 4.90 Å². The van der Waals surface area contributed by atoms with Crippen LogP contribution in [0.15, 0.2) is 137 Å². The average Bonchev–Trinajstić information content (AvgIpc) is 3.58. The number of sulfonamides is 2. The van der Waals surface area contributed by atoms with Crippen LogP contribution in [0.5, 0.6) is 0 Å². The lowest BCUT2D eigenvalue weighted by atomic mass is 10.1. The molecule has 14 heteroatoms. The summed E-state index contributed by atoms with van der Waals surface area (Å²) in [6, 6.07) is 34.6. The number of aromatic nitrogens is 1. The number of anilines is 3. The van der Waals surface area contributed by atoms with E-state index < -0.39 is 31.7 Å². The molecule has 0 aliphatic carbocycles. The molecule has 1 aliphatic rings. The second-order valence-electron chi connectivity index (χ2n) is 12.1. The van der Waals surface area contributed by atoms with Gasteiger partial charge in [-0.25, -0.2) is 25.6 Å². The number of piperazine rings is 1. The molecule has 52 heavy (non-hydrogen) atoms. The Morgan fingerprint density at radius 1 is 0.615 bits per heavy atom. The van der Waals surface area contributed by atoms with E-state index in [2.05, 4.69) is 47.9 Å². The fraction of sp³-hybridized carbons (Fsp3) is 0.184. The van der Waals surface area contributed by atoms with Crippen molar-refractivity contribution in [1.82, 2.24) is 9.27 Å². The summed E-state index contributed by atoms with van der Waals surface area (Å²) >= 11 is 1.56. The number of hydrogen-bond acceptors (Lipinski definition) is 8. The van der Waals surface area contributed by atoms with Gasteiger partial charge in [0.2, 0.25) is 0 Å². The third-order valence-corrected chi connectivity index (χ3v) is 12.1. The Balaban J connectivity index is 0.000000229. The first kappa shape index (κ1) is 36.9. The van der Waals surface area contributed by atoms with Crippen molar-refractivity contribution in [1.29, 1.82) is 0 Å². The fourth-order valence-electron chi connectivity index (χ4n) is 5.78. The van der Waals surface area contributed by atoms with Gasteiger partial charge in [-0.3, -0.25) is 14.3 Å². The van der Waals surface area contributed by atoms with Gasteiger partial charge in [-0.2, -0.15) is 4.37 Å². The van der Waals surface area contributed by atoms with E-state index in [1.54, 1.807) is 54.0 Å². The van der Waals surface area contributed by atoms with Crippen LogP contribution < -0.4 is 14.3 Å². The van der Waals surface area contributed by atoms with Crippen molar-refractivity contribution in [3.05, 3.63) is 145 Å². The summed E-state index contributed by atoms with van der Waals surface area (Å²) in [5, 5.41) is 1.24. The molecule has 2 N–H and O–H groups in total. The standard InChI is InChI=1S/C26H27FN4O2S2.C12H10FNO2S/c27-23-8-2-4-10-25(23)35(32,33)29-21-13-11-20(12-14-21)6-5-15-30-16-18-31(19-17-30)26-22-7-1-3-9-24(22)34-28-26;13-11-8-4-5-9-12(11)17(15,16)14-10-6-2-1-3-7-10/h1-4,7-14,29H,5-6,15-19H2;1-9,14H. The second kappa shape index (κ2) is 16.6. The van der Waals surface area contributed by atoms with E-state index in [-0.39, 0.29) is 9.79 Å². The summed E-state index contributed by atoms with van der Waals surface area (Å²) in [5.41, 5.74) is 1.96. The molecule has 0 bridgehead atoms. The van der Waals surface area contributed by atoms with Crippen molar-refractivity contribution in [3.63, 3.8) is 0 Å². The number of halogens is 2. The predicted octanol–water partition coefficient (Wildman–Crippen LogP) is 7.62. The normalized spacial score (nSPS) is 13.7. The highest BCUT2D eigenvalue weighted by Crippen LogP contribution is 2.30. The Morgan fingerprint density at radius 3 is 1.73 bits per heavy atom. The third kappa shape index (κ3) is 9.31. The first-order valence-corrected chi connectivity index (χ1v) is 20.3. The average molecular weight is 762 g/mol. The molecule has 6 aromatic rings. The number of aryl methyl sites for hydroxylation is 1. The number of fused-ring (bicyclic) bond motifs is 1. The van der Waals surface area contributed by atoms with Crippen LogP contribution in [0.4, 0.5) is 26.0 Å². The van der Waals surface area contributed by atoms with Gasteiger partial charge in [-0.15, -0.1) is 0 Å². The lowest BCUT2D eigenvalue weighted by Gasteiger charge is -2.35. The summed E-state index contributed by atoms with van der Waals surface area (Å²) in [6.07, 6.45) is 1.94. The van der Waals surface area contributed by atoms with Gasteiger partial charge in [0.05, 0.1) is 4.70 Å². The van der Waals surface area contributed by atoms with E-state index in [1.807, 2.05) is 12.1 Å². The smallest absolute Gasteiger partial charge is 0.264 e. The topological polar surface area (TPSA) is 112 Å². The van der Waals surface area contributed by atoms with Gasteiger partial charge in [-0.1, -0.05) is 66.7 Å². The molecule has 9 nitrogen and oxygen atoms in total. The summed E-state index contributed by atoms with van der Waals surface area (Å²) < 4.78 is 86.6. The Bertz CT molecular complexity index is 2320. The molecule has 270 valence electrons. The lowest BCUT2D eigenvalue weighted by Crippen LogP contribution is -2.46. The zero-order valence-corrected chi connectivity index (χ0v) is 30.5. The second-order valence-corrected chi connectivity index (χ2v) is 16.2. The van der Waals surface area contributed by atoms with Crippen LogP contribution in [0.2, 0.25) is 0 Å². The number of rotatable bonds is 11. The number of para-hydroxylation sites is 1. The van der Waals surface area contributed by atoms with Crippen LogP contribution >= 0.6 is 11.5 Å². The molecule has 0 spiro atoms. The van der Waals surface area contributed by atoms with Crippen molar-refractivity contribution in [3.8, 4) is 0 Å². The van der Waals surface area contributed by atoms with Crippen LogP contribution in [0.1, 0.15) is 12.0 Å². The minimum atomic E-state index is -3.96. The van der Waals surface area contributed by atoms with Crippen molar-refractivity contribution in [2.24, 2.45) is 0 Å². The maximum absolute atomic E-state index is 13.9. The van der Waals surface area contributed by atoms with Gasteiger partial charge in [0.1, 0.15) is 27.2 Å². The monoisotopic (exact) mass is 761 g/mol. The molecule has 0 atom stereocenters. The van der Waals surface area contributed by atoms with Crippen molar-refractivity contribution >= 4 is 58.9 Å². The molecule has 0 unspecified atom stereocenters. The Morgan fingerprint density at radius 2 is 1.13 bits per heavy atom. The minimum Gasteiger partial charge on any atom is -0.353 e. The van der Waals surface area contributed by atoms with Crippen LogP contribution in [0.25, 0.3) is 10.1 Å². The van der Waals surface area contributed by atoms with Gasteiger partial charge in [0, 0.05) is 42.9 Å². The summed E-state index contributed by atoms with van der Waals surface area (Å²) in [5.74, 6) is -0.427. The highest BCUT2D eigenvalue weighted by Gasteiger charge is 2.21. The van der Waals surface area contributed by atoms with E-state index in [4.69, 9.17) is 0 Å². The summed E-state index contributed by atoms with van der Waals surface area (Å²) in [7, 11) is -7.83. The molecule has 1 aliphatic heterocycles. The number of nitrogens with one attached hydrogen (secondary N) is 2. The summed E-state index contributed by atoms with van der Waals surface area (Å²) in [4.78, 5) is 4.16. The Labute approximate surface area is 306 Å². The van der Waals surface area contributed by atoms with Crippen molar-refractivity contribution in [2.75, 3.05) is 47.1 Å². The largest absolute Gasteiger partial charge is 0.353 e. The predicted molar refractivity (Wildman–Crippen MR) is 204 cm³/mol. The zero-order valence-electron chi connectivity index (χ0n) is 28.0.